The number of nitrogens with zero attached hydrogens (tertiary/aromatic N) is 1. The van der Waals surface area contributed by atoms with Gasteiger partial charge in [-0.25, -0.2) is 0 Å². The quantitative estimate of drug-likeness (QED) is 0.789. The van der Waals surface area contributed by atoms with Crippen LogP contribution < -0.4 is 0 Å². The number of thiophene rings is 1. The first-order valence-corrected chi connectivity index (χ1v) is 10.5. The predicted molar refractivity (Wildman–Crippen MR) is 101 cm³/mol. The third-order valence-electron chi connectivity index (χ3n) is 6.19. The Morgan fingerprint density at radius 1 is 1.23 bits per heavy atom. The number of carbonyl (C=O) groups excluding carboxylic acids is 1. The molecular formula is C20H29NO4S. The Hall–Kier alpha value is -0.950. The largest absolute Gasteiger partial charge is 0.381 e. The molecule has 5 nitrogen and oxygen atoms in total. The molecule has 3 aliphatic heterocycles. The fourth-order valence-corrected chi connectivity index (χ4v) is 5.24. The second kappa shape index (κ2) is 7.58. The first-order valence-electron chi connectivity index (χ1n) is 9.73. The normalized spacial score (nSPS) is 25.6. The van der Waals surface area contributed by atoms with Gasteiger partial charge in [-0.05, 0) is 50.7 Å². The van der Waals surface area contributed by atoms with E-state index in [1.165, 1.54) is 10.4 Å². The number of rotatable bonds is 5. The average Bonchev–Trinajstić information content (AvgIpc) is 3.18. The monoisotopic (exact) mass is 379 g/mol. The molecule has 0 saturated carbocycles. The minimum absolute atomic E-state index is 0.147. The lowest BCUT2D eigenvalue weighted by atomic mass is 9.81. The van der Waals surface area contributed by atoms with Crippen molar-refractivity contribution in [3.63, 3.8) is 0 Å². The van der Waals surface area contributed by atoms with Gasteiger partial charge in [0.15, 0.2) is 0 Å². The van der Waals surface area contributed by atoms with Crippen molar-refractivity contribution in [3.8, 4) is 0 Å². The van der Waals surface area contributed by atoms with E-state index < -0.39 is 0 Å². The first kappa shape index (κ1) is 18.4. The zero-order chi connectivity index (χ0) is 18.1. The summed E-state index contributed by atoms with van der Waals surface area (Å²) in [5.74, 6) is 1.18. The highest BCUT2D eigenvalue weighted by molar-refractivity contribution is 7.14. The molecule has 0 unspecified atom stereocenters. The van der Waals surface area contributed by atoms with E-state index in [4.69, 9.17) is 14.2 Å². The molecule has 3 saturated heterocycles. The van der Waals surface area contributed by atoms with Crippen LogP contribution in [0.4, 0.5) is 0 Å². The fourth-order valence-electron chi connectivity index (χ4n) is 4.24. The maximum absolute atomic E-state index is 12.7. The Labute approximate surface area is 159 Å². The molecule has 1 amide bonds. The van der Waals surface area contributed by atoms with Crippen molar-refractivity contribution in [1.82, 2.24) is 4.90 Å². The van der Waals surface area contributed by atoms with Crippen molar-refractivity contribution in [2.45, 2.75) is 38.7 Å². The fraction of sp³-hybridized carbons (Fsp3) is 0.750. The molecule has 0 N–H and O–H groups in total. The Kier molecular flexibility index (Phi) is 5.37. The highest BCUT2D eigenvalue weighted by Gasteiger charge is 2.54. The van der Waals surface area contributed by atoms with Crippen molar-refractivity contribution >= 4 is 17.2 Å². The maximum Gasteiger partial charge on any atom is 0.264 e. The Morgan fingerprint density at radius 2 is 2.00 bits per heavy atom. The Morgan fingerprint density at radius 3 is 2.69 bits per heavy atom. The van der Waals surface area contributed by atoms with Gasteiger partial charge in [-0.15, -0.1) is 11.3 Å². The van der Waals surface area contributed by atoms with E-state index in [0.29, 0.717) is 24.9 Å². The summed E-state index contributed by atoms with van der Waals surface area (Å²) in [5.41, 5.74) is 1.03. The molecule has 4 rings (SSSR count). The zero-order valence-electron chi connectivity index (χ0n) is 15.8. The molecule has 3 fully saturated rings. The standard InChI is InChI=1S/C20H29NO4S/c1-14-9-18(26-15(14)2)19(22)21-12-20(13-21)17(5-8-25-20)11-24-10-16-3-6-23-7-4-16/h9,16-17H,3-8,10-13H2,1-2H3/t17-/m1/s1. The molecule has 6 heteroatoms. The van der Waals surface area contributed by atoms with Gasteiger partial charge in [0.05, 0.1) is 24.6 Å². The smallest absolute Gasteiger partial charge is 0.264 e. The van der Waals surface area contributed by atoms with Crippen molar-refractivity contribution < 1.29 is 19.0 Å². The van der Waals surface area contributed by atoms with Crippen molar-refractivity contribution in [3.05, 3.63) is 21.4 Å². The number of ether oxygens (including phenoxy) is 3. The molecule has 26 heavy (non-hydrogen) atoms. The van der Waals surface area contributed by atoms with Gasteiger partial charge in [0.2, 0.25) is 0 Å². The number of hydrogen-bond acceptors (Lipinski definition) is 5. The molecule has 0 aromatic carbocycles. The summed E-state index contributed by atoms with van der Waals surface area (Å²) in [6, 6.07) is 2.01. The average molecular weight is 380 g/mol. The summed E-state index contributed by atoms with van der Waals surface area (Å²) in [7, 11) is 0. The summed E-state index contributed by atoms with van der Waals surface area (Å²) < 4.78 is 17.5. The van der Waals surface area contributed by atoms with Crippen LogP contribution in [0.15, 0.2) is 6.07 Å². The predicted octanol–water partition coefficient (Wildman–Crippen LogP) is 3.04. The van der Waals surface area contributed by atoms with Crippen molar-refractivity contribution in [2.75, 3.05) is 46.1 Å². The lowest BCUT2D eigenvalue weighted by molar-refractivity contribution is -0.129. The van der Waals surface area contributed by atoms with E-state index in [9.17, 15) is 4.79 Å². The van der Waals surface area contributed by atoms with Gasteiger partial charge in [-0.1, -0.05) is 0 Å². The Bertz CT molecular complexity index is 627. The molecule has 1 aromatic rings. The van der Waals surface area contributed by atoms with Crippen LogP contribution in [0.5, 0.6) is 0 Å². The molecule has 144 valence electrons. The van der Waals surface area contributed by atoms with Gasteiger partial charge in [-0.3, -0.25) is 4.79 Å². The van der Waals surface area contributed by atoms with E-state index >= 15 is 0 Å². The van der Waals surface area contributed by atoms with Crippen LogP contribution >= 0.6 is 11.3 Å². The number of hydrogen-bond donors (Lipinski definition) is 0. The van der Waals surface area contributed by atoms with Crippen LogP contribution in [0.25, 0.3) is 0 Å². The van der Waals surface area contributed by atoms with Gasteiger partial charge >= 0.3 is 0 Å². The molecule has 0 bridgehead atoms. The third-order valence-corrected chi connectivity index (χ3v) is 7.33. The Balaban J connectivity index is 1.28. The van der Waals surface area contributed by atoms with Gasteiger partial charge in [0.1, 0.15) is 5.60 Å². The van der Waals surface area contributed by atoms with Crippen LogP contribution in [0.2, 0.25) is 0 Å². The number of aryl methyl sites for hydroxylation is 2. The molecule has 0 radical (unpaired) electrons. The summed E-state index contributed by atoms with van der Waals surface area (Å²) in [5, 5.41) is 0. The lowest BCUT2D eigenvalue weighted by Crippen LogP contribution is -2.66. The third kappa shape index (κ3) is 3.57. The van der Waals surface area contributed by atoms with Gasteiger partial charge < -0.3 is 19.1 Å². The summed E-state index contributed by atoms with van der Waals surface area (Å²) in [6.07, 6.45) is 3.25. The van der Waals surface area contributed by atoms with Crippen LogP contribution in [0.3, 0.4) is 0 Å². The molecule has 3 aliphatic rings. The topological polar surface area (TPSA) is 48.0 Å². The first-order chi connectivity index (χ1) is 12.6. The summed E-state index contributed by atoms with van der Waals surface area (Å²) in [4.78, 5) is 16.7. The SMILES string of the molecule is Cc1cc(C(=O)N2CC3(C2)OCC[C@@H]3COCC2CCOCC2)sc1C. The van der Waals surface area contributed by atoms with Gasteiger partial charge in [-0.2, -0.15) is 0 Å². The highest BCUT2D eigenvalue weighted by Crippen LogP contribution is 2.41. The molecular weight excluding hydrogens is 350 g/mol. The molecule has 0 aliphatic carbocycles. The van der Waals surface area contributed by atoms with Crippen LogP contribution in [0.1, 0.15) is 39.4 Å². The minimum atomic E-state index is -0.174. The van der Waals surface area contributed by atoms with Crippen LogP contribution in [-0.4, -0.2) is 62.5 Å². The molecule has 1 atom stereocenters. The number of likely N-dealkylation sites (tertiary alicyclic amines) is 1. The van der Waals surface area contributed by atoms with E-state index in [1.807, 2.05) is 11.0 Å². The second-order valence-electron chi connectivity index (χ2n) is 8.00. The number of carbonyl (C=O) groups is 1. The number of amides is 1. The maximum atomic E-state index is 12.7. The second-order valence-corrected chi connectivity index (χ2v) is 9.26. The van der Waals surface area contributed by atoms with Gasteiger partial charge in [0, 0.05) is 37.2 Å². The van der Waals surface area contributed by atoms with E-state index in [2.05, 4.69) is 13.8 Å². The molecule has 4 heterocycles. The summed E-state index contributed by atoms with van der Waals surface area (Å²) >= 11 is 1.59. The van der Waals surface area contributed by atoms with Crippen molar-refractivity contribution in [2.24, 2.45) is 11.8 Å². The van der Waals surface area contributed by atoms with E-state index in [-0.39, 0.29) is 11.5 Å². The van der Waals surface area contributed by atoms with Crippen LogP contribution in [0, 0.1) is 25.7 Å². The summed E-state index contributed by atoms with van der Waals surface area (Å²) in [6.45, 7) is 9.62. The molecule has 1 aromatic heterocycles. The van der Waals surface area contributed by atoms with Crippen molar-refractivity contribution in [1.29, 1.82) is 0 Å². The van der Waals surface area contributed by atoms with E-state index in [0.717, 1.165) is 57.2 Å². The lowest BCUT2D eigenvalue weighted by Gasteiger charge is -2.50. The zero-order valence-corrected chi connectivity index (χ0v) is 16.6. The highest BCUT2D eigenvalue weighted by atomic mass is 32.1. The van der Waals surface area contributed by atoms with Crippen LogP contribution in [-0.2, 0) is 14.2 Å². The molecule has 1 spiro atoms. The van der Waals surface area contributed by atoms with E-state index in [1.54, 1.807) is 11.3 Å². The minimum Gasteiger partial charge on any atom is -0.381 e. The van der Waals surface area contributed by atoms with Gasteiger partial charge in [0.25, 0.3) is 5.91 Å².